The highest BCUT2D eigenvalue weighted by atomic mass is 32.1. The molecule has 0 fully saturated rings. The summed E-state index contributed by atoms with van der Waals surface area (Å²) in [5, 5.41) is 13.6. The average Bonchev–Trinajstić information content (AvgIpc) is 3.39. The molecule has 2 heterocycles. The SMILES string of the molecule is N#C/C(=C\c1ccc(OC(=O)c2cccs2)cc1)C(=O)NCc1ccco1. The summed E-state index contributed by atoms with van der Waals surface area (Å²) in [6, 6.07) is 15.3. The average molecular weight is 378 g/mol. The van der Waals surface area contributed by atoms with Gasteiger partial charge in [0, 0.05) is 0 Å². The summed E-state index contributed by atoms with van der Waals surface area (Å²) >= 11 is 1.30. The van der Waals surface area contributed by atoms with E-state index >= 15 is 0 Å². The van der Waals surface area contributed by atoms with Gasteiger partial charge in [-0.2, -0.15) is 5.26 Å². The molecule has 0 saturated carbocycles. The Kier molecular flexibility index (Phi) is 5.82. The topological polar surface area (TPSA) is 92.3 Å². The maximum Gasteiger partial charge on any atom is 0.353 e. The number of thiophene rings is 1. The fraction of sp³-hybridized carbons (Fsp3) is 0.0500. The maximum atomic E-state index is 12.1. The summed E-state index contributed by atoms with van der Waals surface area (Å²) in [7, 11) is 0. The Bertz CT molecular complexity index is 982. The second kappa shape index (κ2) is 8.65. The van der Waals surface area contributed by atoms with Crippen molar-refractivity contribution in [2.45, 2.75) is 6.54 Å². The molecule has 0 bridgehead atoms. The largest absolute Gasteiger partial charge is 0.467 e. The molecular weight excluding hydrogens is 364 g/mol. The van der Waals surface area contributed by atoms with Gasteiger partial charge in [-0.15, -0.1) is 11.3 Å². The summed E-state index contributed by atoms with van der Waals surface area (Å²) in [4.78, 5) is 24.5. The Morgan fingerprint density at radius 2 is 2.00 bits per heavy atom. The molecule has 1 aromatic carbocycles. The standard InChI is InChI=1S/C20H14N2O4S/c21-12-15(19(23)22-13-17-3-1-9-25-17)11-14-5-7-16(8-6-14)26-20(24)18-4-2-10-27-18/h1-11H,13H2,(H,22,23)/b15-11+. The van der Waals surface area contributed by atoms with E-state index in [1.54, 1.807) is 53.9 Å². The predicted molar refractivity (Wildman–Crippen MR) is 99.9 cm³/mol. The Morgan fingerprint density at radius 1 is 1.19 bits per heavy atom. The number of nitrogens with one attached hydrogen (secondary N) is 1. The van der Waals surface area contributed by atoms with Crippen LogP contribution in [0.15, 0.2) is 70.2 Å². The molecule has 3 aromatic rings. The third-order valence-corrected chi connectivity index (χ3v) is 4.34. The fourth-order valence-electron chi connectivity index (χ4n) is 2.18. The van der Waals surface area contributed by atoms with Crippen LogP contribution in [0.1, 0.15) is 21.0 Å². The number of ether oxygens (including phenoxy) is 1. The molecule has 0 unspecified atom stereocenters. The first-order valence-corrected chi connectivity index (χ1v) is 8.82. The van der Waals surface area contributed by atoms with Crippen LogP contribution in [0.4, 0.5) is 0 Å². The first-order valence-electron chi connectivity index (χ1n) is 7.94. The zero-order valence-electron chi connectivity index (χ0n) is 14.0. The van der Waals surface area contributed by atoms with Gasteiger partial charge in [0.25, 0.3) is 5.91 Å². The number of hydrogen-bond acceptors (Lipinski definition) is 6. The highest BCUT2D eigenvalue weighted by molar-refractivity contribution is 7.12. The Labute approximate surface area is 159 Å². The normalized spacial score (nSPS) is 10.9. The van der Waals surface area contributed by atoms with Crippen LogP contribution in [-0.4, -0.2) is 11.9 Å². The molecule has 2 aromatic heterocycles. The fourth-order valence-corrected chi connectivity index (χ4v) is 2.77. The molecule has 1 N–H and O–H groups in total. The van der Waals surface area contributed by atoms with Gasteiger partial charge in [0.1, 0.15) is 28.0 Å². The quantitative estimate of drug-likeness (QED) is 0.305. The van der Waals surface area contributed by atoms with Crippen molar-refractivity contribution in [2.24, 2.45) is 0 Å². The molecule has 0 aliphatic heterocycles. The molecule has 0 radical (unpaired) electrons. The second-order valence-corrected chi connectivity index (χ2v) is 6.32. The Hall–Kier alpha value is -3.63. The molecule has 0 spiro atoms. The molecule has 0 saturated heterocycles. The van der Waals surface area contributed by atoms with E-state index in [2.05, 4.69) is 5.32 Å². The van der Waals surface area contributed by atoms with Crippen molar-refractivity contribution < 1.29 is 18.7 Å². The number of esters is 1. The van der Waals surface area contributed by atoms with Gasteiger partial charge in [-0.3, -0.25) is 4.79 Å². The smallest absolute Gasteiger partial charge is 0.353 e. The Balaban J connectivity index is 1.63. The summed E-state index contributed by atoms with van der Waals surface area (Å²) < 4.78 is 10.4. The minimum Gasteiger partial charge on any atom is -0.467 e. The van der Waals surface area contributed by atoms with Gasteiger partial charge in [-0.1, -0.05) is 18.2 Å². The number of amides is 1. The van der Waals surface area contributed by atoms with E-state index in [1.165, 1.54) is 23.7 Å². The van der Waals surface area contributed by atoms with Crippen molar-refractivity contribution in [3.05, 3.63) is 81.9 Å². The van der Waals surface area contributed by atoms with Crippen molar-refractivity contribution in [3.8, 4) is 11.8 Å². The monoisotopic (exact) mass is 378 g/mol. The van der Waals surface area contributed by atoms with Crippen molar-refractivity contribution in [1.82, 2.24) is 5.32 Å². The summed E-state index contributed by atoms with van der Waals surface area (Å²) in [5.41, 5.74) is 0.598. The number of nitrogens with zero attached hydrogens (tertiary/aromatic N) is 1. The number of furan rings is 1. The summed E-state index contributed by atoms with van der Waals surface area (Å²) in [6.45, 7) is 0.197. The lowest BCUT2D eigenvalue weighted by atomic mass is 10.1. The summed E-state index contributed by atoms with van der Waals surface area (Å²) in [6.07, 6.45) is 2.97. The lowest BCUT2D eigenvalue weighted by molar-refractivity contribution is -0.117. The van der Waals surface area contributed by atoms with Crippen LogP contribution in [-0.2, 0) is 11.3 Å². The minimum atomic E-state index is -0.498. The zero-order chi connectivity index (χ0) is 19.1. The van der Waals surface area contributed by atoms with Gasteiger partial charge in [0.05, 0.1) is 12.8 Å². The van der Waals surface area contributed by atoms with E-state index in [-0.39, 0.29) is 12.1 Å². The highest BCUT2D eigenvalue weighted by Gasteiger charge is 2.11. The van der Waals surface area contributed by atoms with Gasteiger partial charge >= 0.3 is 5.97 Å². The number of rotatable bonds is 6. The van der Waals surface area contributed by atoms with Gasteiger partial charge in [-0.25, -0.2) is 4.79 Å². The molecule has 6 nitrogen and oxygen atoms in total. The third kappa shape index (κ3) is 4.93. The number of benzene rings is 1. The van der Waals surface area contributed by atoms with Crippen LogP contribution in [0, 0.1) is 11.3 Å². The number of nitriles is 1. The van der Waals surface area contributed by atoms with Crippen LogP contribution in [0.2, 0.25) is 0 Å². The zero-order valence-corrected chi connectivity index (χ0v) is 14.9. The molecule has 0 aliphatic rings. The third-order valence-electron chi connectivity index (χ3n) is 3.49. The molecule has 134 valence electrons. The van der Waals surface area contributed by atoms with Crippen LogP contribution in [0.3, 0.4) is 0 Å². The lowest BCUT2D eigenvalue weighted by Crippen LogP contribution is -2.23. The van der Waals surface area contributed by atoms with E-state index in [0.29, 0.717) is 22.0 Å². The number of hydrogen-bond donors (Lipinski definition) is 1. The van der Waals surface area contributed by atoms with Gasteiger partial charge in [-0.05, 0) is 47.4 Å². The first kappa shape index (κ1) is 18.2. The van der Waals surface area contributed by atoms with Crippen molar-refractivity contribution >= 4 is 29.3 Å². The lowest BCUT2D eigenvalue weighted by Gasteiger charge is -2.04. The van der Waals surface area contributed by atoms with E-state index < -0.39 is 11.9 Å². The van der Waals surface area contributed by atoms with Crippen molar-refractivity contribution in [3.63, 3.8) is 0 Å². The molecule has 0 atom stereocenters. The van der Waals surface area contributed by atoms with E-state index in [4.69, 9.17) is 9.15 Å². The van der Waals surface area contributed by atoms with Crippen LogP contribution >= 0.6 is 11.3 Å². The van der Waals surface area contributed by atoms with Crippen molar-refractivity contribution in [1.29, 1.82) is 5.26 Å². The maximum absolute atomic E-state index is 12.1. The molecule has 0 aliphatic carbocycles. The Morgan fingerprint density at radius 3 is 2.63 bits per heavy atom. The van der Waals surface area contributed by atoms with Gasteiger partial charge in [0.2, 0.25) is 0 Å². The van der Waals surface area contributed by atoms with Gasteiger partial charge < -0.3 is 14.5 Å². The number of carbonyl (C=O) groups excluding carboxylic acids is 2. The van der Waals surface area contributed by atoms with E-state index in [0.717, 1.165) is 0 Å². The second-order valence-electron chi connectivity index (χ2n) is 5.37. The molecule has 27 heavy (non-hydrogen) atoms. The molecule has 7 heteroatoms. The van der Waals surface area contributed by atoms with Crippen LogP contribution in [0.5, 0.6) is 5.75 Å². The van der Waals surface area contributed by atoms with Gasteiger partial charge in [0.15, 0.2) is 0 Å². The first-order chi connectivity index (χ1) is 13.2. The minimum absolute atomic E-state index is 0.0371. The molecular formula is C20H14N2O4S. The summed E-state index contributed by atoms with van der Waals surface area (Å²) in [5.74, 6) is 0.0503. The predicted octanol–water partition coefficient (Wildman–Crippen LogP) is 3.78. The van der Waals surface area contributed by atoms with Crippen LogP contribution in [0.25, 0.3) is 6.08 Å². The number of carbonyl (C=O) groups is 2. The molecule has 3 rings (SSSR count). The van der Waals surface area contributed by atoms with E-state index in [1.807, 2.05) is 6.07 Å². The molecule has 1 amide bonds. The van der Waals surface area contributed by atoms with Crippen molar-refractivity contribution in [2.75, 3.05) is 0 Å². The van der Waals surface area contributed by atoms with E-state index in [9.17, 15) is 14.9 Å². The van der Waals surface area contributed by atoms with Crippen LogP contribution < -0.4 is 10.1 Å². The highest BCUT2D eigenvalue weighted by Crippen LogP contribution is 2.18.